The molecule has 0 saturated heterocycles. The van der Waals surface area contributed by atoms with Gasteiger partial charge >= 0.3 is 0 Å². The molecule has 0 aromatic heterocycles. The van der Waals surface area contributed by atoms with E-state index in [0.29, 0.717) is 6.54 Å². The molecule has 3 rings (SSSR count). The molecule has 0 saturated carbocycles. The van der Waals surface area contributed by atoms with Gasteiger partial charge in [-0.2, -0.15) is 0 Å². The molecule has 0 unspecified atom stereocenters. The zero-order valence-electron chi connectivity index (χ0n) is 19.2. The highest BCUT2D eigenvalue weighted by molar-refractivity contribution is 7.89. The van der Waals surface area contributed by atoms with Crippen LogP contribution in [0.2, 0.25) is 0 Å². The largest absolute Gasteiger partial charge is 0.352 e. The molecule has 0 heterocycles. The molecule has 0 bridgehead atoms. The highest BCUT2D eigenvalue weighted by Gasteiger charge is 2.17. The fraction of sp³-hybridized carbons (Fsp3) is 0.480. The molecular weight excluding hydrogens is 422 g/mol. The van der Waals surface area contributed by atoms with Gasteiger partial charge in [0.2, 0.25) is 15.9 Å². The van der Waals surface area contributed by atoms with Crippen LogP contribution < -0.4 is 10.0 Å². The summed E-state index contributed by atoms with van der Waals surface area (Å²) in [7, 11) is -3.61. The first kappa shape index (κ1) is 24.4. The Hall–Kier alpha value is -2.22. The van der Waals surface area contributed by atoms with E-state index in [1.165, 1.54) is 11.1 Å². The van der Waals surface area contributed by atoms with Gasteiger partial charge in [0.05, 0.1) is 4.90 Å². The molecule has 0 radical (unpaired) electrons. The molecule has 0 aliphatic heterocycles. The third-order valence-corrected chi connectivity index (χ3v) is 7.55. The summed E-state index contributed by atoms with van der Waals surface area (Å²) < 4.78 is 27.7. The Morgan fingerprint density at radius 3 is 2.28 bits per heavy atom. The number of nitrogens with one attached hydrogen (secondary N) is 2. The van der Waals surface area contributed by atoms with Crippen molar-refractivity contribution in [3.63, 3.8) is 0 Å². The SMILES string of the molecule is CCN(CC)Cc1ccc(CNC(=O)CCNS(=O)(=O)c2ccc3c(c2)CCCC3)cc1. The zero-order valence-corrected chi connectivity index (χ0v) is 20.0. The lowest BCUT2D eigenvalue weighted by Crippen LogP contribution is -2.30. The van der Waals surface area contributed by atoms with Gasteiger partial charge < -0.3 is 5.32 Å². The molecule has 0 fully saturated rings. The van der Waals surface area contributed by atoms with Crippen molar-refractivity contribution < 1.29 is 13.2 Å². The van der Waals surface area contributed by atoms with E-state index in [9.17, 15) is 13.2 Å². The lowest BCUT2D eigenvalue weighted by molar-refractivity contribution is -0.121. The Labute approximate surface area is 192 Å². The lowest BCUT2D eigenvalue weighted by Gasteiger charge is -2.18. The predicted molar refractivity (Wildman–Crippen MR) is 128 cm³/mol. The maximum absolute atomic E-state index is 12.6. The van der Waals surface area contributed by atoms with Crippen molar-refractivity contribution in [2.75, 3.05) is 19.6 Å². The van der Waals surface area contributed by atoms with Crippen molar-refractivity contribution in [2.24, 2.45) is 0 Å². The minimum Gasteiger partial charge on any atom is -0.352 e. The lowest BCUT2D eigenvalue weighted by atomic mass is 9.92. The van der Waals surface area contributed by atoms with E-state index < -0.39 is 10.0 Å². The summed E-state index contributed by atoms with van der Waals surface area (Å²) >= 11 is 0. The van der Waals surface area contributed by atoms with E-state index in [-0.39, 0.29) is 23.8 Å². The van der Waals surface area contributed by atoms with Crippen LogP contribution in [-0.4, -0.2) is 38.9 Å². The third-order valence-electron chi connectivity index (χ3n) is 6.09. The summed E-state index contributed by atoms with van der Waals surface area (Å²) in [6.07, 6.45) is 4.30. The summed E-state index contributed by atoms with van der Waals surface area (Å²) in [5.41, 5.74) is 4.65. The van der Waals surface area contributed by atoms with Gasteiger partial charge in [0, 0.05) is 26.1 Å². The highest BCUT2D eigenvalue weighted by Crippen LogP contribution is 2.24. The number of carbonyl (C=O) groups excluding carboxylic acids is 1. The van der Waals surface area contributed by atoms with Crippen molar-refractivity contribution >= 4 is 15.9 Å². The quantitative estimate of drug-likeness (QED) is 0.542. The maximum atomic E-state index is 12.6. The van der Waals surface area contributed by atoms with Crippen LogP contribution in [0.3, 0.4) is 0 Å². The van der Waals surface area contributed by atoms with Gasteiger partial charge in [-0.1, -0.05) is 44.2 Å². The molecule has 7 heteroatoms. The Balaban J connectivity index is 1.43. The Bertz CT molecular complexity index is 1000. The third kappa shape index (κ3) is 6.89. The van der Waals surface area contributed by atoms with E-state index in [1.807, 2.05) is 18.2 Å². The number of fused-ring (bicyclic) bond motifs is 1. The van der Waals surface area contributed by atoms with Crippen LogP contribution in [0.15, 0.2) is 47.4 Å². The smallest absolute Gasteiger partial charge is 0.240 e. The number of nitrogens with zero attached hydrogens (tertiary/aromatic N) is 1. The monoisotopic (exact) mass is 457 g/mol. The van der Waals surface area contributed by atoms with Gasteiger partial charge in [-0.15, -0.1) is 0 Å². The summed E-state index contributed by atoms with van der Waals surface area (Å²) in [5, 5.41) is 2.86. The second kappa shape index (κ2) is 11.6. The minimum absolute atomic E-state index is 0.0774. The first-order valence-corrected chi connectivity index (χ1v) is 13.1. The van der Waals surface area contributed by atoms with Gasteiger partial charge in [-0.3, -0.25) is 9.69 Å². The fourth-order valence-electron chi connectivity index (χ4n) is 4.02. The summed E-state index contributed by atoms with van der Waals surface area (Å²) in [5.74, 6) is -0.176. The summed E-state index contributed by atoms with van der Waals surface area (Å²) in [6, 6.07) is 13.6. The topological polar surface area (TPSA) is 78.5 Å². The van der Waals surface area contributed by atoms with Crippen LogP contribution in [-0.2, 0) is 40.7 Å². The van der Waals surface area contributed by atoms with Gasteiger partial charge in [0.25, 0.3) is 0 Å². The molecule has 32 heavy (non-hydrogen) atoms. The molecular formula is C25H35N3O3S. The first-order chi connectivity index (χ1) is 15.4. The first-order valence-electron chi connectivity index (χ1n) is 11.6. The number of benzene rings is 2. The second-order valence-electron chi connectivity index (χ2n) is 8.34. The van der Waals surface area contributed by atoms with Crippen molar-refractivity contribution in [2.45, 2.75) is 63.9 Å². The molecule has 2 aromatic carbocycles. The van der Waals surface area contributed by atoms with Crippen molar-refractivity contribution in [3.8, 4) is 0 Å². The Morgan fingerprint density at radius 2 is 1.59 bits per heavy atom. The number of aryl methyl sites for hydroxylation is 2. The average Bonchev–Trinajstić information content (AvgIpc) is 2.81. The Kier molecular flexibility index (Phi) is 8.84. The number of rotatable bonds is 11. The van der Waals surface area contributed by atoms with Gasteiger partial charge in [-0.05, 0) is 73.2 Å². The number of carbonyl (C=O) groups is 1. The van der Waals surface area contributed by atoms with Crippen molar-refractivity contribution in [1.29, 1.82) is 0 Å². The van der Waals surface area contributed by atoms with Gasteiger partial charge in [-0.25, -0.2) is 13.1 Å². The van der Waals surface area contributed by atoms with E-state index in [0.717, 1.165) is 56.4 Å². The maximum Gasteiger partial charge on any atom is 0.240 e. The molecule has 1 amide bonds. The van der Waals surface area contributed by atoms with E-state index in [1.54, 1.807) is 12.1 Å². The molecule has 1 aliphatic rings. The standard InChI is InChI=1S/C25H35N3O3S/c1-3-28(4-2)19-21-11-9-20(10-12-21)18-26-25(29)15-16-27-32(30,31)24-14-13-22-7-5-6-8-23(22)17-24/h9-14,17,27H,3-8,15-16,18-19H2,1-2H3,(H,26,29). The van der Waals surface area contributed by atoms with Crippen LogP contribution >= 0.6 is 0 Å². The van der Waals surface area contributed by atoms with E-state index in [2.05, 4.69) is 40.9 Å². The van der Waals surface area contributed by atoms with Crippen LogP contribution in [0.25, 0.3) is 0 Å². The normalized spacial score (nSPS) is 13.7. The fourth-order valence-corrected chi connectivity index (χ4v) is 5.10. The molecule has 0 atom stereocenters. The average molecular weight is 458 g/mol. The van der Waals surface area contributed by atoms with Gasteiger partial charge in [0.15, 0.2) is 0 Å². The Morgan fingerprint density at radius 1 is 0.938 bits per heavy atom. The second-order valence-corrected chi connectivity index (χ2v) is 10.1. The molecule has 1 aliphatic carbocycles. The summed E-state index contributed by atoms with van der Waals surface area (Å²) in [6.45, 7) is 7.77. The van der Waals surface area contributed by atoms with E-state index in [4.69, 9.17) is 0 Å². The molecule has 0 spiro atoms. The van der Waals surface area contributed by atoms with E-state index >= 15 is 0 Å². The van der Waals surface area contributed by atoms with Crippen LogP contribution in [0, 0.1) is 0 Å². The summed E-state index contributed by atoms with van der Waals surface area (Å²) in [4.78, 5) is 14.8. The number of hydrogen-bond acceptors (Lipinski definition) is 4. The number of sulfonamides is 1. The molecule has 2 N–H and O–H groups in total. The van der Waals surface area contributed by atoms with Crippen LogP contribution in [0.5, 0.6) is 0 Å². The minimum atomic E-state index is -3.61. The van der Waals surface area contributed by atoms with Crippen molar-refractivity contribution in [1.82, 2.24) is 14.9 Å². The van der Waals surface area contributed by atoms with Crippen LogP contribution in [0.4, 0.5) is 0 Å². The molecule has 174 valence electrons. The predicted octanol–water partition coefficient (Wildman–Crippen LogP) is 3.39. The van der Waals surface area contributed by atoms with Gasteiger partial charge in [0.1, 0.15) is 0 Å². The zero-order chi connectivity index (χ0) is 23.0. The molecule has 2 aromatic rings. The molecule has 6 nitrogen and oxygen atoms in total. The number of amides is 1. The van der Waals surface area contributed by atoms with Crippen LogP contribution in [0.1, 0.15) is 55.4 Å². The van der Waals surface area contributed by atoms with Crippen molar-refractivity contribution in [3.05, 3.63) is 64.7 Å². The highest BCUT2D eigenvalue weighted by atomic mass is 32.2. The number of hydrogen-bond donors (Lipinski definition) is 2.